The van der Waals surface area contributed by atoms with Crippen LogP contribution in [0.4, 0.5) is 0 Å². The van der Waals surface area contributed by atoms with Crippen LogP contribution in [0.3, 0.4) is 0 Å². The van der Waals surface area contributed by atoms with Crippen molar-refractivity contribution in [2.24, 2.45) is 0 Å². The second-order valence-electron chi connectivity index (χ2n) is 7.62. The van der Waals surface area contributed by atoms with Gasteiger partial charge in [-0.1, -0.05) is 30.3 Å². The number of rotatable bonds is 3. The molecule has 1 N–H and O–H groups in total. The van der Waals surface area contributed by atoms with Crippen LogP contribution < -0.4 is 5.32 Å². The lowest BCUT2D eigenvalue weighted by atomic mass is 9.71. The standard InChI is InChI=1S/C20H31N3O.2ClH/c1-16-15-18(9-14-22(16)2)23(3)19(24)20(10-12-21-13-11-20)17-7-5-4-6-8-17;;/h4-8,16,18,21H,9-15H2,1-3H3;2*1H. The molecule has 26 heavy (non-hydrogen) atoms. The summed E-state index contributed by atoms with van der Waals surface area (Å²) in [7, 11) is 4.21. The van der Waals surface area contributed by atoms with Gasteiger partial charge in [0.1, 0.15) is 0 Å². The zero-order valence-electron chi connectivity index (χ0n) is 16.1. The second-order valence-corrected chi connectivity index (χ2v) is 7.62. The molecular weight excluding hydrogens is 369 g/mol. The molecule has 0 aliphatic carbocycles. The van der Waals surface area contributed by atoms with Crippen molar-refractivity contribution in [3.05, 3.63) is 35.9 Å². The maximum Gasteiger partial charge on any atom is 0.233 e. The van der Waals surface area contributed by atoms with Crippen LogP contribution in [0.5, 0.6) is 0 Å². The number of piperidine rings is 2. The van der Waals surface area contributed by atoms with Crippen LogP contribution in [0.25, 0.3) is 0 Å². The molecule has 2 saturated heterocycles. The van der Waals surface area contributed by atoms with Crippen molar-refractivity contribution in [2.45, 2.75) is 50.1 Å². The summed E-state index contributed by atoms with van der Waals surface area (Å²) >= 11 is 0. The summed E-state index contributed by atoms with van der Waals surface area (Å²) in [5.41, 5.74) is 0.831. The maximum absolute atomic E-state index is 13.6. The van der Waals surface area contributed by atoms with E-state index in [0.29, 0.717) is 18.0 Å². The highest BCUT2D eigenvalue weighted by Crippen LogP contribution is 2.36. The fourth-order valence-electron chi connectivity index (χ4n) is 4.36. The number of halogens is 2. The molecule has 0 bridgehead atoms. The van der Waals surface area contributed by atoms with Gasteiger partial charge in [0, 0.05) is 25.7 Å². The summed E-state index contributed by atoms with van der Waals surface area (Å²) < 4.78 is 0. The minimum Gasteiger partial charge on any atom is -0.342 e. The third kappa shape index (κ3) is 4.53. The van der Waals surface area contributed by atoms with Crippen molar-refractivity contribution in [3.8, 4) is 0 Å². The van der Waals surface area contributed by atoms with Gasteiger partial charge >= 0.3 is 0 Å². The summed E-state index contributed by atoms with van der Waals surface area (Å²) in [6.45, 7) is 5.17. The largest absolute Gasteiger partial charge is 0.342 e. The number of carbonyl (C=O) groups is 1. The molecule has 4 nitrogen and oxygen atoms in total. The molecule has 0 aromatic heterocycles. The first-order valence-corrected chi connectivity index (χ1v) is 9.28. The summed E-state index contributed by atoms with van der Waals surface area (Å²) in [5.74, 6) is 0.317. The summed E-state index contributed by atoms with van der Waals surface area (Å²) in [5, 5.41) is 3.42. The Hall–Kier alpha value is -0.810. The number of nitrogens with one attached hydrogen (secondary N) is 1. The van der Waals surface area contributed by atoms with Crippen LogP contribution in [0.15, 0.2) is 30.3 Å². The fourth-order valence-corrected chi connectivity index (χ4v) is 4.36. The Morgan fingerprint density at radius 2 is 1.81 bits per heavy atom. The Kier molecular flexibility index (Phi) is 8.87. The highest BCUT2D eigenvalue weighted by atomic mass is 35.5. The molecule has 2 heterocycles. The van der Waals surface area contributed by atoms with Crippen LogP contribution in [0, 0.1) is 0 Å². The van der Waals surface area contributed by atoms with E-state index in [-0.39, 0.29) is 30.2 Å². The van der Waals surface area contributed by atoms with Crippen molar-refractivity contribution >= 4 is 30.7 Å². The Labute approximate surface area is 170 Å². The van der Waals surface area contributed by atoms with Gasteiger partial charge in [0.2, 0.25) is 5.91 Å². The van der Waals surface area contributed by atoms with Crippen LogP contribution in [0.1, 0.15) is 38.2 Å². The molecule has 2 atom stereocenters. The van der Waals surface area contributed by atoms with Crippen LogP contribution in [-0.2, 0) is 10.2 Å². The zero-order valence-corrected chi connectivity index (χ0v) is 17.7. The number of benzene rings is 1. The van der Waals surface area contributed by atoms with Gasteiger partial charge in [0.05, 0.1) is 5.41 Å². The van der Waals surface area contributed by atoms with E-state index in [1.807, 2.05) is 13.1 Å². The highest BCUT2D eigenvalue weighted by molar-refractivity contribution is 5.88. The molecule has 2 unspecified atom stereocenters. The molecule has 3 rings (SSSR count). The van der Waals surface area contributed by atoms with Gasteiger partial charge in [-0.3, -0.25) is 4.79 Å². The first-order valence-electron chi connectivity index (χ1n) is 9.28. The summed E-state index contributed by atoms with van der Waals surface area (Å²) in [6.07, 6.45) is 3.93. The third-order valence-corrected chi connectivity index (χ3v) is 6.24. The van der Waals surface area contributed by atoms with Gasteiger partial charge in [0.15, 0.2) is 0 Å². The molecular formula is C20H33Cl2N3O. The average Bonchev–Trinajstić information content (AvgIpc) is 2.64. The minimum atomic E-state index is -0.353. The maximum atomic E-state index is 13.6. The quantitative estimate of drug-likeness (QED) is 0.844. The number of hydrogen-bond acceptors (Lipinski definition) is 3. The molecule has 0 saturated carbocycles. The zero-order chi connectivity index (χ0) is 17.2. The topological polar surface area (TPSA) is 35.6 Å². The number of likely N-dealkylation sites (N-methyl/N-ethyl adjacent to an activating group) is 1. The Balaban J connectivity index is 0.00000169. The number of carbonyl (C=O) groups excluding carboxylic acids is 1. The molecule has 1 aromatic carbocycles. The van der Waals surface area contributed by atoms with Crippen molar-refractivity contribution < 1.29 is 4.79 Å². The molecule has 2 aliphatic rings. The molecule has 2 aliphatic heterocycles. The SMILES string of the molecule is CC1CC(N(C)C(=O)C2(c3ccccc3)CCNCC2)CCN1C.Cl.Cl. The van der Waals surface area contributed by atoms with Gasteiger partial charge < -0.3 is 15.1 Å². The van der Waals surface area contributed by atoms with Crippen LogP contribution in [-0.4, -0.2) is 61.5 Å². The fraction of sp³-hybridized carbons (Fsp3) is 0.650. The number of hydrogen-bond donors (Lipinski definition) is 1. The van der Waals surface area contributed by atoms with E-state index >= 15 is 0 Å². The van der Waals surface area contributed by atoms with E-state index in [1.54, 1.807) is 0 Å². The predicted molar refractivity (Wildman–Crippen MR) is 113 cm³/mol. The molecule has 1 amide bonds. The van der Waals surface area contributed by atoms with E-state index in [0.717, 1.165) is 45.3 Å². The summed E-state index contributed by atoms with van der Waals surface area (Å²) in [4.78, 5) is 18.1. The van der Waals surface area contributed by atoms with E-state index in [9.17, 15) is 4.79 Å². The molecule has 1 aromatic rings. The molecule has 0 spiro atoms. The second kappa shape index (κ2) is 9.93. The predicted octanol–water partition coefficient (Wildman–Crippen LogP) is 3.09. The average molecular weight is 402 g/mol. The van der Waals surface area contributed by atoms with Gasteiger partial charge in [-0.2, -0.15) is 0 Å². The Morgan fingerprint density at radius 3 is 2.38 bits per heavy atom. The van der Waals surface area contributed by atoms with Gasteiger partial charge in [-0.05, 0) is 58.3 Å². The lowest BCUT2D eigenvalue weighted by molar-refractivity contribution is -0.140. The number of nitrogens with zero attached hydrogens (tertiary/aromatic N) is 2. The Morgan fingerprint density at radius 1 is 1.19 bits per heavy atom. The molecule has 2 fully saturated rings. The lowest BCUT2D eigenvalue weighted by Crippen LogP contribution is -2.56. The summed E-state index contributed by atoms with van der Waals surface area (Å²) in [6, 6.07) is 11.3. The van der Waals surface area contributed by atoms with Gasteiger partial charge in [0.25, 0.3) is 0 Å². The van der Waals surface area contributed by atoms with E-state index in [2.05, 4.69) is 53.4 Å². The molecule has 0 radical (unpaired) electrons. The monoisotopic (exact) mass is 401 g/mol. The van der Waals surface area contributed by atoms with Gasteiger partial charge in [-0.25, -0.2) is 0 Å². The van der Waals surface area contributed by atoms with E-state index in [1.165, 1.54) is 5.56 Å². The van der Waals surface area contributed by atoms with Gasteiger partial charge in [-0.15, -0.1) is 24.8 Å². The molecule has 148 valence electrons. The lowest BCUT2D eigenvalue weighted by Gasteiger charge is -2.44. The van der Waals surface area contributed by atoms with Crippen molar-refractivity contribution in [3.63, 3.8) is 0 Å². The van der Waals surface area contributed by atoms with E-state index < -0.39 is 0 Å². The number of amides is 1. The third-order valence-electron chi connectivity index (χ3n) is 6.24. The smallest absolute Gasteiger partial charge is 0.233 e. The van der Waals surface area contributed by atoms with Crippen LogP contribution in [0.2, 0.25) is 0 Å². The first-order chi connectivity index (χ1) is 11.5. The molecule has 6 heteroatoms. The first kappa shape index (κ1) is 23.2. The van der Waals surface area contributed by atoms with Crippen molar-refractivity contribution in [2.75, 3.05) is 33.7 Å². The highest BCUT2D eigenvalue weighted by Gasteiger charge is 2.44. The number of likely N-dealkylation sites (tertiary alicyclic amines) is 1. The Bertz CT molecular complexity index is 563. The van der Waals surface area contributed by atoms with Crippen LogP contribution >= 0.6 is 24.8 Å². The normalized spacial score (nSPS) is 25.5. The minimum absolute atomic E-state index is 0. The van der Waals surface area contributed by atoms with Crippen molar-refractivity contribution in [1.29, 1.82) is 0 Å². The van der Waals surface area contributed by atoms with Crippen molar-refractivity contribution in [1.82, 2.24) is 15.1 Å². The van der Waals surface area contributed by atoms with E-state index in [4.69, 9.17) is 0 Å².